The largest absolute Gasteiger partial charge is 0.369 e. The first-order chi connectivity index (χ1) is 7.60. The molecule has 0 bridgehead atoms. The Hall–Kier alpha value is -0.480. The van der Waals surface area contributed by atoms with Gasteiger partial charge in [0.25, 0.3) is 0 Å². The number of nitrogens with zero attached hydrogens (tertiary/aromatic N) is 1. The van der Waals surface area contributed by atoms with Gasteiger partial charge in [-0.05, 0) is 24.0 Å². The molecular formula is C11H14ClF2NS. The summed E-state index contributed by atoms with van der Waals surface area (Å²) in [7, 11) is 1.68. The summed E-state index contributed by atoms with van der Waals surface area (Å²) in [5.41, 5.74) is 0.474. The van der Waals surface area contributed by atoms with Gasteiger partial charge in [0.2, 0.25) is 0 Å². The average Bonchev–Trinajstić information content (AvgIpc) is 2.25. The summed E-state index contributed by atoms with van der Waals surface area (Å²) in [5, 5.41) is 0. The van der Waals surface area contributed by atoms with E-state index in [0.717, 1.165) is 5.75 Å². The Kier molecular flexibility index (Phi) is 5.35. The van der Waals surface area contributed by atoms with E-state index in [1.54, 1.807) is 23.7 Å². The molecule has 0 heterocycles. The minimum Gasteiger partial charge on any atom is -0.369 e. The van der Waals surface area contributed by atoms with E-state index in [0.29, 0.717) is 12.1 Å². The van der Waals surface area contributed by atoms with Gasteiger partial charge in [0.05, 0.1) is 0 Å². The SMILES string of the molecule is CSCCN(C)c1c(F)cc(CCl)cc1F. The van der Waals surface area contributed by atoms with E-state index in [9.17, 15) is 8.78 Å². The van der Waals surface area contributed by atoms with Crippen LogP contribution in [0.25, 0.3) is 0 Å². The summed E-state index contributed by atoms with van der Waals surface area (Å²) in [6, 6.07) is 2.56. The molecule has 0 aliphatic rings. The van der Waals surface area contributed by atoms with Gasteiger partial charge in [-0.2, -0.15) is 11.8 Å². The molecular weight excluding hydrogens is 252 g/mol. The lowest BCUT2D eigenvalue weighted by molar-refractivity contribution is 0.576. The summed E-state index contributed by atoms with van der Waals surface area (Å²) in [4.78, 5) is 1.58. The maximum absolute atomic E-state index is 13.6. The Balaban J connectivity index is 2.95. The first-order valence-corrected chi connectivity index (χ1v) is 6.77. The molecule has 5 heteroatoms. The molecule has 0 radical (unpaired) electrons. The Morgan fingerprint density at radius 2 is 1.88 bits per heavy atom. The third-order valence-corrected chi connectivity index (χ3v) is 3.14. The first-order valence-electron chi connectivity index (χ1n) is 4.84. The number of anilines is 1. The van der Waals surface area contributed by atoms with Crippen LogP contribution in [0.15, 0.2) is 12.1 Å². The second-order valence-corrected chi connectivity index (χ2v) is 4.71. The van der Waals surface area contributed by atoms with Gasteiger partial charge in [-0.25, -0.2) is 8.78 Å². The van der Waals surface area contributed by atoms with Gasteiger partial charge in [-0.1, -0.05) is 0 Å². The maximum atomic E-state index is 13.6. The van der Waals surface area contributed by atoms with Gasteiger partial charge in [0.1, 0.15) is 17.3 Å². The Labute approximate surface area is 104 Å². The van der Waals surface area contributed by atoms with Crippen LogP contribution in [0.1, 0.15) is 5.56 Å². The summed E-state index contributed by atoms with van der Waals surface area (Å²) in [5.74, 6) is -0.173. The van der Waals surface area contributed by atoms with Gasteiger partial charge in [0.15, 0.2) is 0 Å². The number of rotatable bonds is 5. The smallest absolute Gasteiger partial charge is 0.149 e. The number of hydrogen-bond donors (Lipinski definition) is 0. The molecule has 0 N–H and O–H groups in total. The predicted octanol–water partition coefficient (Wildman–Crippen LogP) is 3.50. The standard InChI is InChI=1S/C11H14ClF2NS/c1-15(3-4-16-2)11-9(13)5-8(7-12)6-10(11)14/h5-6H,3-4,7H2,1-2H3. The molecule has 0 aliphatic carbocycles. The summed E-state index contributed by atoms with van der Waals surface area (Å²) >= 11 is 7.17. The van der Waals surface area contributed by atoms with Crippen molar-refractivity contribution in [2.75, 3.05) is 30.5 Å². The molecule has 0 amide bonds. The molecule has 0 spiro atoms. The second kappa shape index (κ2) is 6.30. The van der Waals surface area contributed by atoms with Crippen LogP contribution >= 0.6 is 23.4 Å². The summed E-state index contributed by atoms with van der Waals surface area (Å²) < 4.78 is 27.3. The van der Waals surface area contributed by atoms with Crippen molar-refractivity contribution in [3.05, 3.63) is 29.3 Å². The highest BCUT2D eigenvalue weighted by atomic mass is 35.5. The van der Waals surface area contributed by atoms with Crippen LogP contribution in [-0.4, -0.2) is 25.6 Å². The Bertz CT molecular complexity index is 337. The molecule has 0 aromatic heterocycles. The molecule has 90 valence electrons. The lowest BCUT2D eigenvalue weighted by Gasteiger charge is -2.20. The van der Waals surface area contributed by atoms with E-state index < -0.39 is 11.6 Å². The van der Waals surface area contributed by atoms with E-state index in [2.05, 4.69) is 0 Å². The van der Waals surface area contributed by atoms with Crippen molar-refractivity contribution in [1.29, 1.82) is 0 Å². The maximum Gasteiger partial charge on any atom is 0.149 e. The lowest BCUT2D eigenvalue weighted by atomic mass is 10.2. The lowest BCUT2D eigenvalue weighted by Crippen LogP contribution is -2.22. The van der Waals surface area contributed by atoms with Gasteiger partial charge in [-0.15, -0.1) is 11.6 Å². The van der Waals surface area contributed by atoms with Gasteiger partial charge >= 0.3 is 0 Å². The zero-order valence-corrected chi connectivity index (χ0v) is 10.8. The van der Waals surface area contributed by atoms with Crippen LogP contribution in [0.5, 0.6) is 0 Å². The van der Waals surface area contributed by atoms with Crippen molar-refractivity contribution >= 4 is 29.1 Å². The van der Waals surface area contributed by atoms with Crippen molar-refractivity contribution in [2.45, 2.75) is 5.88 Å². The molecule has 1 nitrogen and oxygen atoms in total. The van der Waals surface area contributed by atoms with E-state index >= 15 is 0 Å². The molecule has 1 aromatic carbocycles. The zero-order valence-electron chi connectivity index (χ0n) is 9.27. The Morgan fingerprint density at radius 1 is 1.31 bits per heavy atom. The van der Waals surface area contributed by atoms with Crippen LogP contribution in [-0.2, 0) is 5.88 Å². The highest BCUT2D eigenvalue weighted by Gasteiger charge is 2.14. The molecule has 0 aliphatic heterocycles. The third kappa shape index (κ3) is 3.25. The van der Waals surface area contributed by atoms with Crippen molar-refractivity contribution in [1.82, 2.24) is 0 Å². The molecule has 0 unspecified atom stereocenters. The molecule has 16 heavy (non-hydrogen) atoms. The van der Waals surface area contributed by atoms with E-state index in [-0.39, 0.29) is 11.6 Å². The van der Waals surface area contributed by atoms with Crippen LogP contribution in [0.2, 0.25) is 0 Å². The number of thioether (sulfide) groups is 1. The van der Waals surface area contributed by atoms with Gasteiger partial charge in [0, 0.05) is 25.2 Å². The van der Waals surface area contributed by atoms with E-state index in [1.165, 1.54) is 12.1 Å². The molecule has 0 fully saturated rings. The van der Waals surface area contributed by atoms with Gasteiger partial charge in [-0.3, -0.25) is 0 Å². The van der Waals surface area contributed by atoms with Gasteiger partial charge < -0.3 is 4.90 Å². The summed E-state index contributed by atoms with van der Waals surface area (Å²) in [6.45, 7) is 0.606. The minimum atomic E-state index is -0.556. The highest BCUT2D eigenvalue weighted by molar-refractivity contribution is 7.98. The second-order valence-electron chi connectivity index (χ2n) is 3.46. The monoisotopic (exact) mass is 265 g/mol. The molecule has 1 rings (SSSR count). The Morgan fingerprint density at radius 3 is 2.31 bits per heavy atom. The first kappa shape index (κ1) is 13.6. The summed E-state index contributed by atoms with van der Waals surface area (Å²) in [6.07, 6.45) is 1.96. The van der Waals surface area contributed by atoms with Crippen molar-refractivity contribution in [2.24, 2.45) is 0 Å². The van der Waals surface area contributed by atoms with Crippen LogP contribution in [0.4, 0.5) is 14.5 Å². The fourth-order valence-corrected chi connectivity index (χ4v) is 2.01. The highest BCUT2D eigenvalue weighted by Crippen LogP contribution is 2.24. The number of benzene rings is 1. The van der Waals surface area contributed by atoms with Crippen LogP contribution in [0.3, 0.4) is 0 Å². The van der Waals surface area contributed by atoms with E-state index in [1.807, 2.05) is 6.26 Å². The van der Waals surface area contributed by atoms with Crippen LogP contribution in [0, 0.1) is 11.6 Å². The normalized spacial score (nSPS) is 10.6. The quantitative estimate of drug-likeness (QED) is 0.750. The van der Waals surface area contributed by atoms with Crippen molar-refractivity contribution in [3.63, 3.8) is 0 Å². The number of hydrogen-bond acceptors (Lipinski definition) is 2. The van der Waals surface area contributed by atoms with Crippen molar-refractivity contribution in [3.8, 4) is 0 Å². The fraction of sp³-hybridized carbons (Fsp3) is 0.455. The number of halogens is 3. The molecule has 0 atom stereocenters. The van der Waals surface area contributed by atoms with Crippen LogP contribution < -0.4 is 4.90 Å². The topological polar surface area (TPSA) is 3.24 Å². The zero-order chi connectivity index (χ0) is 12.1. The molecule has 1 aromatic rings. The number of alkyl halides is 1. The molecule has 0 saturated heterocycles. The average molecular weight is 266 g/mol. The van der Waals surface area contributed by atoms with Crippen molar-refractivity contribution < 1.29 is 8.78 Å². The van der Waals surface area contributed by atoms with E-state index in [4.69, 9.17) is 11.6 Å². The minimum absolute atomic E-state index is 0.0166. The molecule has 0 saturated carbocycles. The third-order valence-electron chi connectivity index (χ3n) is 2.24. The predicted molar refractivity (Wildman–Crippen MR) is 67.6 cm³/mol. The fourth-order valence-electron chi connectivity index (χ4n) is 1.40.